The van der Waals surface area contributed by atoms with Crippen LogP contribution in [0, 0.1) is 13.8 Å². The Labute approximate surface area is 172 Å². The minimum Gasteiger partial charge on any atom is -0.325 e. The smallest absolute Gasteiger partial charge is 0.249 e. The molecule has 1 aromatic carbocycles. The monoisotopic (exact) mass is 411 g/mol. The maximum Gasteiger partial charge on any atom is 0.249 e. The minimum atomic E-state index is -0.485. The van der Waals surface area contributed by atoms with Gasteiger partial charge in [0.2, 0.25) is 11.8 Å². The lowest BCUT2D eigenvalue weighted by atomic mass is 10.2. The number of rotatable bonds is 7. The minimum absolute atomic E-state index is 0.158. The average Bonchev–Trinajstić information content (AvgIpc) is 3.21. The van der Waals surface area contributed by atoms with Gasteiger partial charge in [-0.15, -0.1) is 0 Å². The van der Waals surface area contributed by atoms with E-state index in [4.69, 9.17) is 0 Å². The predicted molar refractivity (Wildman–Crippen MR) is 111 cm³/mol. The number of aryl methyl sites for hydroxylation is 2. The van der Waals surface area contributed by atoms with Gasteiger partial charge in [-0.25, -0.2) is 19.6 Å². The summed E-state index contributed by atoms with van der Waals surface area (Å²) in [6.07, 6.45) is 2.87. The number of carbonyl (C=O) groups is 2. The average molecular weight is 411 g/mol. The number of aromatic nitrogens is 5. The van der Waals surface area contributed by atoms with Gasteiger partial charge >= 0.3 is 0 Å². The quantitative estimate of drug-likeness (QED) is 0.454. The maximum absolute atomic E-state index is 12.3. The van der Waals surface area contributed by atoms with Gasteiger partial charge in [-0.2, -0.15) is 5.10 Å². The van der Waals surface area contributed by atoms with E-state index in [1.54, 1.807) is 31.2 Å². The van der Waals surface area contributed by atoms with Gasteiger partial charge in [-0.05, 0) is 51.1 Å². The molecule has 0 saturated heterocycles. The summed E-state index contributed by atoms with van der Waals surface area (Å²) in [6.45, 7) is 5.52. The first-order chi connectivity index (χ1) is 13.9. The molecular weight excluding hydrogens is 390 g/mol. The lowest BCUT2D eigenvalue weighted by Crippen LogP contribution is -2.24. The summed E-state index contributed by atoms with van der Waals surface area (Å²) in [5, 5.41) is 10.2. The molecule has 0 radical (unpaired) electrons. The Morgan fingerprint density at radius 2 is 1.69 bits per heavy atom. The van der Waals surface area contributed by atoms with Crippen LogP contribution in [0.5, 0.6) is 0 Å². The molecule has 2 amide bonds. The van der Waals surface area contributed by atoms with Gasteiger partial charge < -0.3 is 10.6 Å². The van der Waals surface area contributed by atoms with Crippen LogP contribution in [0.15, 0.2) is 48.1 Å². The predicted octanol–water partition coefficient (Wildman–Crippen LogP) is 2.62. The Morgan fingerprint density at radius 1 is 1.07 bits per heavy atom. The Bertz CT molecular complexity index is 970. The van der Waals surface area contributed by atoms with Crippen LogP contribution in [0.25, 0.3) is 0 Å². The van der Waals surface area contributed by atoms with E-state index in [9.17, 15) is 9.59 Å². The second kappa shape index (κ2) is 9.28. The van der Waals surface area contributed by atoms with Crippen LogP contribution in [-0.2, 0) is 9.59 Å². The Morgan fingerprint density at radius 3 is 2.28 bits per heavy atom. The Balaban J connectivity index is 1.50. The lowest BCUT2D eigenvalue weighted by molar-refractivity contribution is -0.119. The number of hydrogen-bond acceptors (Lipinski definition) is 7. The van der Waals surface area contributed by atoms with Gasteiger partial charge in [0.1, 0.15) is 18.7 Å². The third kappa shape index (κ3) is 5.85. The van der Waals surface area contributed by atoms with E-state index in [1.165, 1.54) is 29.1 Å². The first-order valence-corrected chi connectivity index (χ1v) is 9.89. The van der Waals surface area contributed by atoms with E-state index in [0.29, 0.717) is 16.5 Å². The van der Waals surface area contributed by atoms with Gasteiger partial charge in [0.15, 0.2) is 5.16 Å². The lowest BCUT2D eigenvalue weighted by Gasteiger charge is -2.12. The van der Waals surface area contributed by atoms with E-state index in [0.717, 1.165) is 11.4 Å². The van der Waals surface area contributed by atoms with Crippen molar-refractivity contribution in [1.29, 1.82) is 0 Å². The third-order valence-corrected chi connectivity index (χ3v) is 4.79. The van der Waals surface area contributed by atoms with Crippen LogP contribution in [0.3, 0.4) is 0 Å². The molecule has 0 aliphatic heterocycles. The standard InChI is InChI=1S/C19H21N7O2S/c1-12-8-13(2)23-19(22-12)29-9-17(27)24-15-4-6-16(7-5-15)25-18(28)14(3)26-11-20-10-21-26/h4-8,10-11,14H,9H2,1-3H3,(H,24,27)(H,25,28). The van der Waals surface area contributed by atoms with Crippen molar-refractivity contribution in [1.82, 2.24) is 24.7 Å². The molecule has 0 spiro atoms. The van der Waals surface area contributed by atoms with Gasteiger partial charge in [-0.1, -0.05) is 11.8 Å². The summed E-state index contributed by atoms with van der Waals surface area (Å²) < 4.78 is 1.47. The van der Waals surface area contributed by atoms with Crippen LogP contribution < -0.4 is 10.6 Å². The van der Waals surface area contributed by atoms with E-state index in [-0.39, 0.29) is 17.6 Å². The highest BCUT2D eigenvalue weighted by molar-refractivity contribution is 7.99. The number of thioether (sulfide) groups is 1. The number of anilines is 2. The molecule has 0 saturated carbocycles. The van der Waals surface area contributed by atoms with Crippen LogP contribution in [0.2, 0.25) is 0 Å². The fourth-order valence-electron chi connectivity index (χ4n) is 2.51. The molecule has 2 N–H and O–H groups in total. The molecule has 150 valence electrons. The van der Waals surface area contributed by atoms with Gasteiger partial charge in [-0.3, -0.25) is 9.59 Å². The molecule has 2 aromatic heterocycles. The first kappa shape index (κ1) is 20.5. The molecule has 0 fully saturated rings. The number of nitrogens with one attached hydrogen (secondary N) is 2. The second-order valence-electron chi connectivity index (χ2n) is 6.39. The van der Waals surface area contributed by atoms with E-state index >= 15 is 0 Å². The second-order valence-corrected chi connectivity index (χ2v) is 7.33. The molecule has 3 rings (SSSR count). The van der Waals surface area contributed by atoms with Crippen molar-refractivity contribution < 1.29 is 9.59 Å². The molecule has 1 atom stereocenters. The van der Waals surface area contributed by atoms with Crippen molar-refractivity contribution in [3.8, 4) is 0 Å². The number of carbonyl (C=O) groups excluding carboxylic acids is 2. The molecule has 29 heavy (non-hydrogen) atoms. The van der Waals surface area contributed by atoms with Crippen molar-refractivity contribution in [2.24, 2.45) is 0 Å². The highest BCUT2D eigenvalue weighted by Gasteiger charge is 2.15. The first-order valence-electron chi connectivity index (χ1n) is 8.90. The summed E-state index contributed by atoms with van der Waals surface area (Å²) in [5.74, 6) is -0.164. The maximum atomic E-state index is 12.3. The summed E-state index contributed by atoms with van der Waals surface area (Å²) in [6, 6.07) is 8.30. The van der Waals surface area contributed by atoms with Crippen molar-refractivity contribution >= 4 is 35.0 Å². The normalized spacial score (nSPS) is 11.7. The summed E-state index contributed by atoms with van der Waals surface area (Å²) in [4.78, 5) is 36.9. The van der Waals surface area contributed by atoms with E-state index < -0.39 is 6.04 Å². The highest BCUT2D eigenvalue weighted by Crippen LogP contribution is 2.17. The van der Waals surface area contributed by atoms with E-state index in [2.05, 4.69) is 30.7 Å². The Hall–Kier alpha value is -3.27. The van der Waals surface area contributed by atoms with Crippen molar-refractivity contribution in [3.05, 3.63) is 54.4 Å². The zero-order chi connectivity index (χ0) is 20.8. The largest absolute Gasteiger partial charge is 0.325 e. The summed E-state index contributed by atoms with van der Waals surface area (Å²) in [7, 11) is 0. The zero-order valence-electron chi connectivity index (χ0n) is 16.3. The molecule has 9 nitrogen and oxygen atoms in total. The molecule has 0 aliphatic rings. The van der Waals surface area contributed by atoms with Crippen LogP contribution in [0.4, 0.5) is 11.4 Å². The fraction of sp³-hybridized carbons (Fsp3) is 0.263. The Kier molecular flexibility index (Phi) is 6.55. The van der Waals surface area contributed by atoms with Crippen LogP contribution >= 0.6 is 11.8 Å². The van der Waals surface area contributed by atoms with Crippen molar-refractivity contribution in [2.75, 3.05) is 16.4 Å². The number of nitrogens with zero attached hydrogens (tertiary/aromatic N) is 5. The number of benzene rings is 1. The van der Waals surface area contributed by atoms with Crippen LogP contribution in [-0.4, -0.2) is 42.3 Å². The van der Waals surface area contributed by atoms with Crippen molar-refractivity contribution in [2.45, 2.75) is 32.0 Å². The van der Waals surface area contributed by atoms with Gasteiger partial charge in [0.25, 0.3) is 0 Å². The zero-order valence-corrected chi connectivity index (χ0v) is 17.1. The molecule has 10 heteroatoms. The SMILES string of the molecule is Cc1cc(C)nc(SCC(=O)Nc2ccc(NC(=O)C(C)n3cncn3)cc2)n1. The number of hydrogen-bond donors (Lipinski definition) is 2. The number of amides is 2. The molecule has 2 heterocycles. The molecule has 3 aromatic rings. The van der Waals surface area contributed by atoms with Crippen LogP contribution in [0.1, 0.15) is 24.4 Å². The third-order valence-electron chi connectivity index (χ3n) is 3.94. The summed E-state index contributed by atoms with van der Waals surface area (Å²) in [5.41, 5.74) is 3.00. The molecule has 1 unspecified atom stereocenters. The van der Waals surface area contributed by atoms with Gasteiger partial charge in [0.05, 0.1) is 5.75 Å². The molecule has 0 bridgehead atoms. The highest BCUT2D eigenvalue weighted by atomic mass is 32.2. The molecular formula is C19H21N7O2S. The summed E-state index contributed by atoms with van der Waals surface area (Å²) >= 11 is 1.28. The van der Waals surface area contributed by atoms with Gasteiger partial charge in [0, 0.05) is 22.8 Å². The van der Waals surface area contributed by atoms with Crippen molar-refractivity contribution in [3.63, 3.8) is 0 Å². The topological polar surface area (TPSA) is 115 Å². The van der Waals surface area contributed by atoms with E-state index in [1.807, 2.05) is 19.9 Å². The fourth-order valence-corrected chi connectivity index (χ4v) is 3.26. The molecule has 0 aliphatic carbocycles.